The van der Waals surface area contributed by atoms with Gasteiger partial charge < -0.3 is 5.32 Å². The zero-order chi connectivity index (χ0) is 10.8. The highest BCUT2D eigenvalue weighted by Crippen LogP contribution is 2.08. The van der Waals surface area contributed by atoms with Gasteiger partial charge in [0.2, 0.25) is 0 Å². The molecule has 1 heteroatoms. The van der Waals surface area contributed by atoms with E-state index in [1.807, 2.05) is 6.92 Å². The molecule has 0 aliphatic heterocycles. The normalized spacial score (nSPS) is 12.1. The fourth-order valence-corrected chi connectivity index (χ4v) is 1.22. The average molecular weight is 193 g/mol. The molecule has 0 saturated carbocycles. The van der Waals surface area contributed by atoms with Crippen LogP contribution in [-0.4, -0.2) is 6.54 Å². The van der Waals surface area contributed by atoms with E-state index in [9.17, 15) is 0 Å². The highest BCUT2D eigenvalue weighted by atomic mass is 14.9. The second-order valence-corrected chi connectivity index (χ2v) is 3.42. The van der Waals surface area contributed by atoms with E-state index >= 15 is 0 Å². The lowest BCUT2D eigenvalue weighted by Gasteiger charge is -2.09. The Morgan fingerprint density at radius 2 is 2.07 bits per heavy atom. The van der Waals surface area contributed by atoms with Crippen LogP contribution >= 0.6 is 0 Å². The summed E-state index contributed by atoms with van der Waals surface area (Å²) >= 11 is 0. The van der Waals surface area contributed by atoms with E-state index in [0.717, 1.165) is 18.7 Å². The molecule has 1 nitrogen and oxygen atoms in total. The van der Waals surface area contributed by atoms with Crippen molar-refractivity contribution < 1.29 is 0 Å². The Morgan fingerprint density at radius 3 is 2.57 bits per heavy atom. The third-order valence-electron chi connectivity index (χ3n) is 2.07. The number of hydrogen-bond donors (Lipinski definition) is 1. The van der Waals surface area contributed by atoms with Crippen molar-refractivity contribution in [3.63, 3.8) is 0 Å². The van der Waals surface area contributed by atoms with E-state index in [4.69, 9.17) is 0 Å². The largest absolute Gasteiger partial charge is 0.389 e. The molecular formula is C13H23N. The molecule has 14 heavy (non-hydrogen) atoms. The number of nitrogens with one attached hydrogen (secondary N) is 1. The van der Waals surface area contributed by atoms with E-state index < -0.39 is 0 Å². The van der Waals surface area contributed by atoms with E-state index in [1.54, 1.807) is 0 Å². The Morgan fingerprint density at radius 1 is 1.36 bits per heavy atom. The molecule has 0 heterocycles. The lowest BCUT2D eigenvalue weighted by atomic mass is 10.1. The summed E-state index contributed by atoms with van der Waals surface area (Å²) in [5.74, 6) is 0. The van der Waals surface area contributed by atoms with Crippen LogP contribution in [0, 0.1) is 0 Å². The summed E-state index contributed by atoms with van der Waals surface area (Å²) in [5, 5.41) is 3.34. The van der Waals surface area contributed by atoms with Gasteiger partial charge in [-0.15, -0.1) is 0 Å². The highest BCUT2D eigenvalue weighted by Gasteiger charge is 1.95. The van der Waals surface area contributed by atoms with Crippen LogP contribution in [0.4, 0.5) is 0 Å². The summed E-state index contributed by atoms with van der Waals surface area (Å²) in [6.45, 7) is 11.4. The molecule has 0 bridgehead atoms. The molecule has 0 saturated heterocycles. The number of allylic oxidation sites excluding steroid dienone is 4. The van der Waals surface area contributed by atoms with Crippen LogP contribution in [0.1, 0.15) is 40.0 Å². The third-order valence-corrected chi connectivity index (χ3v) is 2.07. The second kappa shape index (κ2) is 8.61. The molecule has 0 aliphatic rings. The predicted octanol–water partition coefficient (Wildman–Crippen LogP) is 3.80. The molecule has 0 aromatic heterocycles. The molecule has 0 spiro atoms. The van der Waals surface area contributed by atoms with Gasteiger partial charge in [0, 0.05) is 18.7 Å². The third kappa shape index (κ3) is 6.53. The molecule has 0 amide bonds. The zero-order valence-corrected chi connectivity index (χ0v) is 9.77. The molecule has 0 aromatic rings. The van der Waals surface area contributed by atoms with E-state index in [1.165, 1.54) is 18.4 Å². The van der Waals surface area contributed by atoms with Gasteiger partial charge in [-0.3, -0.25) is 0 Å². The maximum atomic E-state index is 4.01. The minimum atomic E-state index is 0.935. The standard InChI is InChI=1S/C13H23N/c1-5-8-10-14-12(4)11-13(7-3)9-6-2/h6-7,9,14H,4-5,8,10-11H2,1-3H3/b9-6-,13-7+. The molecule has 1 N–H and O–H groups in total. The van der Waals surface area contributed by atoms with Crippen LogP contribution in [0.5, 0.6) is 0 Å². The van der Waals surface area contributed by atoms with Crippen LogP contribution in [-0.2, 0) is 0 Å². The molecule has 0 unspecified atom stereocenters. The smallest absolute Gasteiger partial charge is 0.0143 e. The summed E-state index contributed by atoms with van der Waals surface area (Å²) in [6.07, 6.45) is 9.71. The Bertz CT molecular complexity index is 211. The van der Waals surface area contributed by atoms with E-state index in [0.29, 0.717) is 0 Å². The van der Waals surface area contributed by atoms with Crippen LogP contribution in [0.2, 0.25) is 0 Å². The monoisotopic (exact) mass is 193 g/mol. The number of unbranched alkanes of at least 4 members (excludes halogenated alkanes) is 1. The summed E-state index contributed by atoms with van der Waals surface area (Å²) in [7, 11) is 0. The fourth-order valence-electron chi connectivity index (χ4n) is 1.22. The van der Waals surface area contributed by atoms with Crippen LogP contribution in [0.25, 0.3) is 0 Å². The number of rotatable bonds is 7. The fraction of sp³-hybridized carbons (Fsp3) is 0.538. The molecule has 80 valence electrons. The second-order valence-electron chi connectivity index (χ2n) is 3.42. The summed E-state index contributed by atoms with van der Waals surface area (Å²) in [6, 6.07) is 0. The van der Waals surface area contributed by atoms with Crippen molar-refractivity contribution >= 4 is 0 Å². The SMILES string of the molecule is C=C(CC(/C=C\C)=C/C)NCCCC. The van der Waals surface area contributed by atoms with Crippen LogP contribution < -0.4 is 5.32 Å². The van der Waals surface area contributed by atoms with Gasteiger partial charge >= 0.3 is 0 Å². The first-order valence-electron chi connectivity index (χ1n) is 5.44. The van der Waals surface area contributed by atoms with Crippen molar-refractivity contribution in [1.29, 1.82) is 0 Å². The summed E-state index contributed by atoms with van der Waals surface area (Å²) < 4.78 is 0. The summed E-state index contributed by atoms with van der Waals surface area (Å²) in [4.78, 5) is 0. The van der Waals surface area contributed by atoms with E-state index in [-0.39, 0.29) is 0 Å². The number of hydrogen-bond acceptors (Lipinski definition) is 1. The van der Waals surface area contributed by atoms with Crippen LogP contribution in [0.3, 0.4) is 0 Å². The first kappa shape index (κ1) is 13.0. The van der Waals surface area contributed by atoms with Crippen molar-refractivity contribution in [3.05, 3.63) is 36.1 Å². The molecular weight excluding hydrogens is 170 g/mol. The zero-order valence-electron chi connectivity index (χ0n) is 9.77. The quantitative estimate of drug-likeness (QED) is 0.479. The Kier molecular flexibility index (Phi) is 8.01. The van der Waals surface area contributed by atoms with Crippen molar-refractivity contribution in [1.82, 2.24) is 5.32 Å². The topological polar surface area (TPSA) is 12.0 Å². The van der Waals surface area contributed by atoms with Crippen LogP contribution in [0.15, 0.2) is 36.1 Å². The molecule has 0 atom stereocenters. The minimum absolute atomic E-state index is 0.935. The average Bonchev–Trinajstić information content (AvgIpc) is 2.17. The van der Waals surface area contributed by atoms with Gasteiger partial charge in [-0.2, -0.15) is 0 Å². The van der Waals surface area contributed by atoms with Crippen molar-refractivity contribution in [2.45, 2.75) is 40.0 Å². The molecule has 0 rings (SSSR count). The van der Waals surface area contributed by atoms with Gasteiger partial charge in [0.05, 0.1) is 0 Å². The highest BCUT2D eigenvalue weighted by molar-refractivity contribution is 5.22. The van der Waals surface area contributed by atoms with Gasteiger partial charge in [0.15, 0.2) is 0 Å². The Hall–Kier alpha value is -0.980. The summed E-state index contributed by atoms with van der Waals surface area (Å²) in [5.41, 5.74) is 2.44. The Labute approximate surface area is 88.6 Å². The first-order chi connectivity index (χ1) is 6.74. The lowest BCUT2D eigenvalue weighted by Crippen LogP contribution is -2.13. The van der Waals surface area contributed by atoms with Gasteiger partial charge in [-0.25, -0.2) is 0 Å². The maximum absolute atomic E-state index is 4.01. The lowest BCUT2D eigenvalue weighted by molar-refractivity contribution is 0.700. The first-order valence-corrected chi connectivity index (χ1v) is 5.44. The van der Waals surface area contributed by atoms with Gasteiger partial charge in [0.25, 0.3) is 0 Å². The molecule has 0 radical (unpaired) electrons. The Balaban J connectivity index is 3.80. The van der Waals surface area contributed by atoms with Gasteiger partial charge in [-0.05, 0) is 25.8 Å². The van der Waals surface area contributed by atoms with Crippen molar-refractivity contribution in [2.24, 2.45) is 0 Å². The van der Waals surface area contributed by atoms with Crippen molar-refractivity contribution in [2.75, 3.05) is 6.54 Å². The molecule has 0 fully saturated rings. The molecule has 0 aliphatic carbocycles. The van der Waals surface area contributed by atoms with Gasteiger partial charge in [0.1, 0.15) is 0 Å². The predicted molar refractivity (Wildman–Crippen MR) is 65.2 cm³/mol. The van der Waals surface area contributed by atoms with E-state index in [2.05, 4.69) is 44.0 Å². The minimum Gasteiger partial charge on any atom is -0.389 e. The van der Waals surface area contributed by atoms with Crippen molar-refractivity contribution in [3.8, 4) is 0 Å². The maximum Gasteiger partial charge on any atom is 0.0143 e. The van der Waals surface area contributed by atoms with Gasteiger partial charge in [-0.1, -0.05) is 38.2 Å². The molecule has 0 aromatic carbocycles.